The summed E-state index contributed by atoms with van der Waals surface area (Å²) >= 11 is 0. The first-order chi connectivity index (χ1) is 16.5. The molecule has 0 spiro atoms. The van der Waals surface area contributed by atoms with Gasteiger partial charge in [0.25, 0.3) is 5.91 Å². The van der Waals surface area contributed by atoms with Crippen molar-refractivity contribution in [1.29, 1.82) is 0 Å². The van der Waals surface area contributed by atoms with Crippen LogP contribution in [0.1, 0.15) is 10.5 Å². The van der Waals surface area contributed by atoms with Gasteiger partial charge in [-0.25, -0.2) is 14.4 Å². The summed E-state index contributed by atoms with van der Waals surface area (Å²) in [5, 5.41) is 7.51. The molecule has 8 nitrogen and oxygen atoms in total. The summed E-state index contributed by atoms with van der Waals surface area (Å²) in [5.74, 6) is 1.09. The molecule has 0 saturated heterocycles. The Kier molecular flexibility index (Phi) is 5.43. The van der Waals surface area contributed by atoms with Crippen molar-refractivity contribution in [2.45, 2.75) is 0 Å². The van der Waals surface area contributed by atoms with E-state index in [4.69, 9.17) is 9.47 Å². The molecule has 2 aromatic heterocycles. The summed E-state index contributed by atoms with van der Waals surface area (Å²) in [6.45, 7) is 0. The van der Waals surface area contributed by atoms with E-state index < -0.39 is 0 Å². The number of hydrogen-bond acceptors (Lipinski definition) is 6. The van der Waals surface area contributed by atoms with Gasteiger partial charge in [0, 0.05) is 33.7 Å². The second kappa shape index (κ2) is 8.70. The topological polar surface area (TPSA) is 101 Å². The number of halogens is 1. The predicted molar refractivity (Wildman–Crippen MR) is 129 cm³/mol. The van der Waals surface area contributed by atoms with Crippen LogP contribution in [0.4, 0.5) is 21.6 Å². The number of carbonyl (C=O) groups is 1. The molecule has 34 heavy (non-hydrogen) atoms. The molecule has 1 amide bonds. The van der Waals surface area contributed by atoms with Crippen molar-refractivity contribution in [2.24, 2.45) is 0 Å². The number of aromatic nitrogens is 3. The van der Waals surface area contributed by atoms with E-state index in [1.807, 2.05) is 18.2 Å². The van der Waals surface area contributed by atoms with E-state index in [0.29, 0.717) is 45.1 Å². The third kappa shape index (κ3) is 4.06. The SMILES string of the molecule is COc1cc2ncnc(Nc3ccc(NC(=O)c4cc5cc(F)ccc5[nH]4)cc3)c2cc1OC. The van der Waals surface area contributed by atoms with Crippen LogP contribution in [0.2, 0.25) is 0 Å². The zero-order valence-electron chi connectivity index (χ0n) is 18.3. The Morgan fingerprint density at radius 1 is 0.912 bits per heavy atom. The first-order valence-corrected chi connectivity index (χ1v) is 10.4. The van der Waals surface area contributed by atoms with Crippen LogP contribution in [0.25, 0.3) is 21.8 Å². The van der Waals surface area contributed by atoms with E-state index >= 15 is 0 Å². The van der Waals surface area contributed by atoms with E-state index in [1.165, 1.54) is 18.5 Å². The number of benzene rings is 3. The number of anilines is 3. The number of methoxy groups -OCH3 is 2. The van der Waals surface area contributed by atoms with Gasteiger partial charge in [0.15, 0.2) is 11.5 Å². The molecule has 3 N–H and O–H groups in total. The highest BCUT2D eigenvalue weighted by atomic mass is 19.1. The molecule has 0 fully saturated rings. The smallest absolute Gasteiger partial charge is 0.272 e. The average molecular weight is 457 g/mol. The number of aromatic amines is 1. The Morgan fingerprint density at radius 2 is 1.65 bits per heavy atom. The van der Waals surface area contributed by atoms with Gasteiger partial charge < -0.3 is 25.1 Å². The maximum absolute atomic E-state index is 13.4. The predicted octanol–water partition coefficient (Wildman–Crippen LogP) is 5.26. The zero-order valence-corrected chi connectivity index (χ0v) is 18.3. The molecule has 0 aliphatic heterocycles. The maximum atomic E-state index is 13.4. The van der Waals surface area contributed by atoms with Crippen molar-refractivity contribution in [3.05, 3.63) is 78.5 Å². The molecular formula is C25H20FN5O3. The molecule has 170 valence electrons. The highest BCUT2D eigenvalue weighted by molar-refractivity contribution is 6.06. The Morgan fingerprint density at radius 3 is 2.41 bits per heavy atom. The fourth-order valence-electron chi connectivity index (χ4n) is 3.68. The first kappa shape index (κ1) is 21.2. The van der Waals surface area contributed by atoms with Crippen LogP contribution in [0.5, 0.6) is 11.5 Å². The molecule has 0 atom stereocenters. The minimum atomic E-state index is -0.351. The van der Waals surface area contributed by atoms with Gasteiger partial charge in [-0.05, 0) is 54.6 Å². The number of nitrogens with one attached hydrogen (secondary N) is 3. The summed E-state index contributed by atoms with van der Waals surface area (Å²) in [6, 6.07) is 16.7. The van der Waals surface area contributed by atoms with E-state index in [2.05, 4.69) is 25.6 Å². The van der Waals surface area contributed by atoms with Crippen molar-refractivity contribution in [3.8, 4) is 11.5 Å². The summed E-state index contributed by atoms with van der Waals surface area (Å²) in [4.78, 5) is 24.3. The summed E-state index contributed by atoms with van der Waals surface area (Å²) < 4.78 is 24.1. The number of amides is 1. The third-order valence-corrected chi connectivity index (χ3v) is 5.37. The highest BCUT2D eigenvalue weighted by Gasteiger charge is 2.12. The van der Waals surface area contributed by atoms with E-state index in [1.54, 1.807) is 44.6 Å². The summed E-state index contributed by atoms with van der Waals surface area (Å²) in [5.41, 5.74) is 3.13. The standard InChI is InChI=1S/C25H20FN5O3/c1-33-22-11-18-20(12-23(22)34-2)27-13-28-24(18)29-16-4-6-17(7-5-16)30-25(32)21-10-14-9-15(26)3-8-19(14)31-21/h3-13,31H,1-2H3,(H,30,32)(H,27,28,29). The lowest BCUT2D eigenvalue weighted by atomic mass is 10.2. The van der Waals surface area contributed by atoms with Crippen molar-refractivity contribution in [3.63, 3.8) is 0 Å². The Labute approximate surface area is 193 Å². The first-order valence-electron chi connectivity index (χ1n) is 10.4. The second-order valence-electron chi connectivity index (χ2n) is 7.52. The van der Waals surface area contributed by atoms with Gasteiger partial charge in [0.05, 0.1) is 19.7 Å². The van der Waals surface area contributed by atoms with Crippen LogP contribution in [0.15, 0.2) is 67.0 Å². The Hall–Kier alpha value is -4.66. The molecule has 0 aliphatic carbocycles. The fraction of sp³-hybridized carbons (Fsp3) is 0.0800. The highest BCUT2D eigenvalue weighted by Crippen LogP contribution is 2.34. The molecule has 9 heteroatoms. The number of nitrogens with zero attached hydrogens (tertiary/aromatic N) is 2. The van der Waals surface area contributed by atoms with Crippen molar-refractivity contribution >= 4 is 44.9 Å². The van der Waals surface area contributed by atoms with E-state index in [9.17, 15) is 9.18 Å². The average Bonchev–Trinajstić information content (AvgIpc) is 3.28. The monoisotopic (exact) mass is 457 g/mol. The molecule has 0 saturated carbocycles. The van der Waals surface area contributed by atoms with E-state index in [0.717, 1.165) is 11.1 Å². The minimum Gasteiger partial charge on any atom is -0.493 e. The number of H-pyrrole nitrogens is 1. The molecule has 0 bridgehead atoms. The molecule has 3 aromatic carbocycles. The van der Waals surface area contributed by atoms with Crippen molar-refractivity contribution in [1.82, 2.24) is 15.0 Å². The minimum absolute atomic E-state index is 0.319. The van der Waals surface area contributed by atoms with Gasteiger partial charge in [-0.1, -0.05) is 0 Å². The summed E-state index contributed by atoms with van der Waals surface area (Å²) in [7, 11) is 3.14. The van der Waals surface area contributed by atoms with Gasteiger partial charge in [-0.3, -0.25) is 4.79 Å². The van der Waals surface area contributed by atoms with Crippen LogP contribution in [-0.2, 0) is 0 Å². The lowest BCUT2D eigenvalue weighted by Crippen LogP contribution is -2.12. The Bertz CT molecular complexity index is 1520. The second-order valence-corrected chi connectivity index (χ2v) is 7.52. The quantitative estimate of drug-likeness (QED) is 0.321. The zero-order chi connectivity index (χ0) is 23.7. The number of carbonyl (C=O) groups excluding carboxylic acids is 1. The van der Waals surface area contributed by atoms with Crippen LogP contribution in [-0.4, -0.2) is 35.1 Å². The largest absolute Gasteiger partial charge is 0.493 e. The van der Waals surface area contributed by atoms with Crippen LogP contribution in [0, 0.1) is 5.82 Å². The van der Waals surface area contributed by atoms with E-state index in [-0.39, 0.29) is 11.7 Å². The number of ether oxygens (including phenoxy) is 2. The van der Waals surface area contributed by atoms with Gasteiger partial charge in [0.2, 0.25) is 0 Å². The fourth-order valence-corrected chi connectivity index (χ4v) is 3.68. The molecule has 0 unspecified atom stereocenters. The van der Waals surface area contributed by atoms with Crippen molar-refractivity contribution < 1.29 is 18.7 Å². The molecule has 5 rings (SSSR count). The van der Waals surface area contributed by atoms with Gasteiger partial charge in [-0.15, -0.1) is 0 Å². The van der Waals surface area contributed by atoms with Crippen molar-refractivity contribution in [2.75, 3.05) is 24.9 Å². The summed E-state index contributed by atoms with van der Waals surface area (Å²) in [6.07, 6.45) is 1.47. The van der Waals surface area contributed by atoms with Crippen LogP contribution < -0.4 is 20.1 Å². The molecule has 0 aliphatic rings. The molecule has 5 aromatic rings. The molecule has 0 radical (unpaired) electrons. The molecule has 2 heterocycles. The third-order valence-electron chi connectivity index (χ3n) is 5.37. The molecular weight excluding hydrogens is 437 g/mol. The lowest BCUT2D eigenvalue weighted by molar-refractivity contribution is 0.102. The Balaban J connectivity index is 1.34. The maximum Gasteiger partial charge on any atom is 0.272 e. The van der Waals surface area contributed by atoms with Gasteiger partial charge in [0.1, 0.15) is 23.7 Å². The van der Waals surface area contributed by atoms with Gasteiger partial charge >= 0.3 is 0 Å². The number of hydrogen-bond donors (Lipinski definition) is 3. The number of rotatable bonds is 6. The van der Waals surface area contributed by atoms with Crippen LogP contribution >= 0.6 is 0 Å². The lowest BCUT2D eigenvalue weighted by Gasteiger charge is -2.12. The van der Waals surface area contributed by atoms with Gasteiger partial charge in [-0.2, -0.15) is 0 Å². The number of fused-ring (bicyclic) bond motifs is 2. The van der Waals surface area contributed by atoms with Crippen LogP contribution in [0.3, 0.4) is 0 Å². The normalized spacial score (nSPS) is 10.9.